The number of ether oxygens (including phenoxy) is 1. The molecule has 2 rings (SSSR count). The highest BCUT2D eigenvalue weighted by atomic mass is 16.5. The van der Waals surface area contributed by atoms with Gasteiger partial charge in [-0.25, -0.2) is 0 Å². The third-order valence-corrected chi connectivity index (χ3v) is 4.41. The molecule has 0 amide bonds. The van der Waals surface area contributed by atoms with Crippen molar-refractivity contribution in [1.82, 2.24) is 15.4 Å². The Kier molecular flexibility index (Phi) is 7.09. The zero-order valence-corrected chi connectivity index (χ0v) is 15.8. The van der Waals surface area contributed by atoms with Gasteiger partial charge in [0.05, 0.1) is 12.3 Å². The zero-order valence-electron chi connectivity index (χ0n) is 15.8. The molecule has 6 nitrogen and oxygen atoms in total. The van der Waals surface area contributed by atoms with E-state index in [-0.39, 0.29) is 5.92 Å². The fraction of sp³-hybridized carbons (Fsp3) is 0.778. The second kappa shape index (κ2) is 9.06. The molecule has 1 aliphatic rings. The summed E-state index contributed by atoms with van der Waals surface area (Å²) in [6.07, 6.45) is 2.67. The van der Waals surface area contributed by atoms with Crippen molar-refractivity contribution in [3.05, 3.63) is 17.0 Å². The highest BCUT2D eigenvalue weighted by molar-refractivity contribution is 5.79. The average molecular weight is 336 g/mol. The highest BCUT2D eigenvalue weighted by Crippen LogP contribution is 2.28. The van der Waals surface area contributed by atoms with E-state index in [1.54, 1.807) is 0 Å². The summed E-state index contributed by atoms with van der Waals surface area (Å²) in [5.74, 6) is 2.91. The van der Waals surface area contributed by atoms with Gasteiger partial charge < -0.3 is 19.5 Å². The minimum absolute atomic E-state index is 0.282. The highest BCUT2D eigenvalue weighted by Gasteiger charge is 2.21. The standard InChI is InChI=1S/C18H32N4O2/c1-6-19-18(22(5)9-10-23-12-16-7-8-16)20-11-13(2)17-14(3)21-24-15(17)4/h13,16H,6-12H2,1-5H3,(H,19,20). The van der Waals surface area contributed by atoms with Crippen LogP contribution in [0.4, 0.5) is 0 Å². The number of nitrogens with one attached hydrogen (secondary N) is 1. The van der Waals surface area contributed by atoms with Crippen molar-refractivity contribution in [2.24, 2.45) is 10.9 Å². The first-order chi connectivity index (χ1) is 11.5. The Morgan fingerprint density at radius 2 is 2.21 bits per heavy atom. The summed E-state index contributed by atoms with van der Waals surface area (Å²) in [7, 11) is 2.06. The molecule has 6 heteroatoms. The molecule has 1 unspecified atom stereocenters. The second-order valence-electron chi connectivity index (χ2n) is 6.77. The molecule has 1 aromatic rings. The van der Waals surface area contributed by atoms with E-state index < -0.39 is 0 Å². The third kappa shape index (κ3) is 5.51. The summed E-state index contributed by atoms with van der Waals surface area (Å²) < 4.78 is 11.0. The first-order valence-corrected chi connectivity index (χ1v) is 9.02. The number of hydrogen-bond donors (Lipinski definition) is 1. The zero-order chi connectivity index (χ0) is 17.5. The van der Waals surface area contributed by atoms with Crippen LogP contribution in [0.3, 0.4) is 0 Å². The van der Waals surface area contributed by atoms with Gasteiger partial charge >= 0.3 is 0 Å². The second-order valence-corrected chi connectivity index (χ2v) is 6.77. The largest absolute Gasteiger partial charge is 0.379 e. The van der Waals surface area contributed by atoms with E-state index in [0.29, 0.717) is 6.54 Å². The molecule has 0 spiro atoms. The first kappa shape index (κ1) is 18.8. The molecule has 0 bridgehead atoms. The molecule has 0 aromatic carbocycles. The van der Waals surface area contributed by atoms with Crippen LogP contribution in [0.1, 0.15) is 49.6 Å². The SMILES string of the molecule is CCNC(=NCC(C)c1c(C)noc1C)N(C)CCOCC1CC1. The fourth-order valence-electron chi connectivity index (χ4n) is 2.82. The molecule has 24 heavy (non-hydrogen) atoms. The van der Waals surface area contributed by atoms with E-state index in [2.05, 4.69) is 36.3 Å². The Hall–Kier alpha value is -1.56. The summed E-state index contributed by atoms with van der Waals surface area (Å²) in [5.41, 5.74) is 2.13. The van der Waals surface area contributed by atoms with E-state index in [9.17, 15) is 0 Å². The lowest BCUT2D eigenvalue weighted by Gasteiger charge is -2.22. The van der Waals surface area contributed by atoms with Gasteiger partial charge in [-0.15, -0.1) is 0 Å². The van der Waals surface area contributed by atoms with Gasteiger partial charge in [0, 0.05) is 44.8 Å². The van der Waals surface area contributed by atoms with E-state index in [4.69, 9.17) is 14.3 Å². The van der Waals surface area contributed by atoms with Crippen LogP contribution in [0.2, 0.25) is 0 Å². The van der Waals surface area contributed by atoms with Crippen molar-refractivity contribution in [3.8, 4) is 0 Å². The van der Waals surface area contributed by atoms with Crippen molar-refractivity contribution in [2.75, 3.05) is 39.9 Å². The minimum Gasteiger partial charge on any atom is -0.379 e. The van der Waals surface area contributed by atoms with E-state index in [1.807, 2.05) is 13.8 Å². The maximum atomic E-state index is 5.73. The molecule has 1 saturated carbocycles. The third-order valence-electron chi connectivity index (χ3n) is 4.41. The van der Waals surface area contributed by atoms with Crippen LogP contribution >= 0.6 is 0 Å². The lowest BCUT2D eigenvalue weighted by atomic mass is 10.00. The van der Waals surface area contributed by atoms with Crippen LogP contribution in [0, 0.1) is 19.8 Å². The van der Waals surface area contributed by atoms with Crippen LogP contribution in [0.15, 0.2) is 9.52 Å². The molecule has 1 N–H and O–H groups in total. The number of aliphatic imine (C=N–C) groups is 1. The van der Waals surface area contributed by atoms with Gasteiger partial charge in [-0.05, 0) is 39.5 Å². The number of aromatic nitrogens is 1. The number of nitrogens with zero attached hydrogens (tertiary/aromatic N) is 3. The molecule has 1 heterocycles. The number of rotatable bonds is 9. The molecular weight excluding hydrogens is 304 g/mol. The molecule has 0 radical (unpaired) electrons. The van der Waals surface area contributed by atoms with Crippen molar-refractivity contribution in [3.63, 3.8) is 0 Å². The molecule has 1 fully saturated rings. The van der Waals surface area contributed by atoms with Gasteiger partial charge in [0.2, 0.25) is 0 Å². The van der Waals surface area contributed by atoms with Crippen LogP contribution in [-0.2, 0) is 4.74 Å². The summed E-state index contributed by atoms with van der Waals surface area (Å²) in [4.78, 5) is 6.92. The topological polar surface area (TPSA) is 62.9 Å². The fourth-order valence-corrected chi connectivity index (χ4v) is 2.82. The predicted molar refractivity (Wildman–Crippen MR) is 96.5 cm³/mol. The number of hydrogen-bond acceptors (Lipinski definition) is 4. The Bertz CT molecular complexity index is 518. The van der Waals surface area contributed by atoms with Gasteiger partial charge in [-0.2, -0.15) is 0 Å². The molecular formula is C18H32N4O2. The Morgan fingerprint density at radius 3 is 2.79 bits per heavy atom. The monoisotopic (exact) mass is 336 g/mol. The van der Waals surface area contributed by atoms with E-state index >= 15 is 0 Å². The van der Waals surface area contributed by atoms with Gasteiger partial charge in [-0.3, -0.25) is 4.99 Å². The Balaban J connectivity index is 1.86. The van der Waals surface area contributed by atoms with Gasteiger partial charge in [0.25, 0.3) is 0 Å². The van der Waals surface area contributed by atoms with E-state index in [0.717, 1.165) is 49.6 Å². The lowest BCUT2D eigenvalue weighted by molar-refractivity contribution is 0.115. The summed E-state index contributed by atoms with van der Waals surface area (Å²) in [6.45, 7) is 12.3. The summed E-state index contributed by atoms with van der Waals surface area (Å²) in [5, 5.41) is 7.39. The molecule has 0 saturated heterocycles. The first-order valence-electron chi connectivity index (χ1n) is 9.02. The van der Waals surface area contributed by atoms with Crippen LogP contribution in [0.25, 0.3) is 0 Å². The molecule has 136 valence electrons. The van der Waals surface area contributed by atoms with Crippen molar-refractivity contribution in [2.45, 2.75) is 46.5 Å². The van der Waals surface area contributed by atoms with Crippen LogP contribution in [0.5, 0.6) is 0 Å². The number of likely N-dealkylation sites (N-methyl/N-ethyl adjacent to an activating group) is 1. The quantitative estimate of drug-likeness (QED) is 0.427. The van der Waals surface area contributed by atoms with Crippen molar-refractivity contribution in [1.29, 1.82) is 0 Å². The molecule has 0 aliphatic heterocycles. The number of aryl methyl sites for hydroxylation is 2. The normalized spacial score (nSPS) is 16.3. The summed E-state index contributed by atoms with van der Waals surface area (Å²) in [6, 6.07) is 0. The molecule has 1 aliphatic carbocycles. The summed E-state index contributed by atoms with van der Waals surface area (Å²) >= 11 is 0. The minimum atomic E-state index is 0.282. The van der Waals surface area contributed by atoms with Crippen molar-refractivity contribution < 1.29 is 9.26 Å². The van der Waals surface area contributed by atoms with E-state index in [1.165, 1.54) is 18.4 Å². The Morgan fingerprint density at radius 1 is 1.46 bits per heavy atom. The Labute approximate surface area is 145 Å². The smallest absolute Gasteiger partial charge is 0.193 e. The predicted octanol–water partition coefficient (Wildman–Crippen LogP) is 2.72. The maximum Gasteiger partial charge on any atom is 0.193 e. The van der Waals surface area contributed by atoms with Gasteiger partial charge in [0.1, 0.15) is 5.76 Å². The average Bonchev–Trinajstić information content (AvgIpc) is 3.32. The molecule has 1 atom stereocenters. The van der Waals surface area contributed by atoms with Gasteiger partial charge in [-0.1, -0.05) is 12.1 Å². The maximum absolute atomic E-state index is 5.73. The van der Waals surface area contributed by atoms with Crippen LogP contribution < -0.4 is 5.32 Å². The van der Waals surface area contributed by atoms with Crippen molar-refractivity contribution >= 4 is 5.96 Å². The lowest BCUT2D eigenvalue weighted by Crippen LogP contribution is -2.40. The van der Waals surface area contributed by atoms with Crippen LogP contribution in [-0.4, -0.2) is 55.9 Å². The van der Waals surface area contributed by atoms with Gasteiger partial charge in [0.15, 0.2) is 5.96 Å². The number of guanidine groups is 1. The molecule has 1 aromatic heterocycles.